The van der Waals surface area contributed by atoms with Crippen LogP contribution in [0, 0.1) is 0 Å². The molecule has 6 aromatic rings. The lowest BCUT2D eigenvalue weighted by Gasteiger charge is -2.36. The lowest BCUT2D eigenvalue weighted by atomic mass is 10.00. The monoisotopic (exact) mass is 1870 g/mol. The summed E-state index contributed by atoms with van der Waals surface area (Å²) in [5.41, 5.74) is 19.4. The molecule has 3 aliphatic heterocycles. The van der Waals surface area contributed by atoms with Crippen molar-refractivity contribution in [2.75, 3.05) is 65.5 Å². The number of para-hydroxylation sites is 2. The van der Waals surface area contributed by atoms with Gasteiger partial charge < -0.3 is 130 Å². The fourth-order valence-corrected chi connectivity index (χ4v) is 17.1. The summed E-state index contributed by atoms with van der Waals surface area (Å²) in [5.74, 6) is -18.7. The van der Waals surface area contributed by atoms with Crippen molar-refractivity contribution in [3.8, 4) is 5.75 Å². The van der Waals surface area contributed by atoms with Crippen LogP contribution in [0.1, 0.15) is 127 Å². The number of carbonyl (C=O) groups is 18. The fourth-order valence-electron chi connectivity index (χ4n) is 16.2. The van der Waals surface area contributed by atoms with E-state index in [1.807, 2.05) is 13.8 Å². The first-order valence-corrected chi connectivity index (χ1v) is 45.2. The lowest BCUT2D eigenvalue weighted by molar-refractivity contribution is -0.149. The maximum atomic E-state index is 15.6. The molecule has 18 amide bonds. The highest BCUT2D eigenvalue weighted by molar-refractivity contribution is 8.00. The molecule has 0 spiro atoms. The van der Waals surface area contributed by atoms with Gasteiger partial charge in [0, 0.05) is 131 Å². The third-order valence-electron chi connectivity index (χ3n) is 23.7. The average molecular weight is 1870 g/mol. The van der Waals surface area contributed by atoms with Gasteiger partial charge in [0.15, 0.2) is 0 Å². The second kappa shape index (κ2) is 49.1. The Labute approximate surface area is 769 Å². The summed E-state index contributed by atoms with van der Waals surface area (Å²) in [6.45, 7) is 1.31. The molecule has 6 heterocycles. The standard InChI is InChI=1S/C88H120N22O22S/c1-7-9-20-67-81(125)105-65(42-111)79(123)97-52(34-74(118)95-40-73(91)117)44-133-45-75(119)98-62(30-48-23-25-53(113)26-24-48)84(128)106(4)47(3)76(120)102-64(36-72(90)116)87(131)109-29-15-22-68(109)82(126)101-61(33-51-39-92-46-96-51)78(122)99-59(27-28-71(89)115)86(130)110-41-54(114)35-70(110)83(127)100-60(31-49-37-93-57-18-13-11-16-55(49)57)77(121)104-66(43-112)80(124)103-63(32-50-38-94-58-19-14-12-17-56(50)58)85(129)108(6)69(21-10-8-2)88(132)107(67)5/h11-14,16-19,23-26,37-39,46-47,52,54,59-70,93-94,111-114H,7-10,15,20-22,27-36,40-45H2,1-6H3,(H2,89,115)(H2,90,116)(H2,91,117)(H,92,96)(H,95,118)(H,97,123)(H,98,119)(H,99,122)(H,100,127)(H,101,126)(H,102,120)(H,103,124)(H,104,121)(H,105,125)/t47-,52+,54+,59-,60-,61-,62-,63-,64-,65-,66-,67-,68-,69-,70-/m0/s1. The number of phenols is 1. The molecule has 3 saturated heterocycles. The number of nitrogens with zero attached hydrogens (tertiary/aromatic N) is 6. The topological polar surface area (TPSA) is 663 Å². The Morgan fingerprint density at radius 1 is 0.511 bits per heavy atom. The van der Waals surface area contributed by atoms with Crippen molar-refractivity contribution in [1.29, 1.82) is 0 Å². The zero-order valence-corrected chi connectivity index (χ0v) is 75.6. The number of amides is 18. The first kappa shape index (κ1) is 103. The highest BCUT2D eigenvalue weighted by atomic mass is 32.2. The molecule has 23 N–H and O–H groups in total. The number of aromatic hydroxyl groups is 1. The number of likely N-dealkylation sites (N-methyl/N-ethyl adjacent to an activating group) is 3. The van der Waals surface area contributed by atoms with Gasteiger partial charge in [-0.3, -0.25) is 86.3 Å². The van der Waals surface area contributed by atoms with Gasteiger partial charge in [-0.1, -0.05) is 88.1 Å². The number of unbranched alkanes of at least 4 members (excludes halogenated alkanes) is 2. The Kier molecular flexibility index (Phi) is 38.1. The van der Waals surface area contributed by atoms with E-state index in [1.54, 1.807) is 60.9 Å². The Morgan fingerprint density at radius 2 is 1.03 bits per heavy atom. The van der Waals surface area contributed by atoms with Gasteiger partial charge in [-0.05, 0) is 80.0 Å². The number of fused-ring (bicyclic) bond motifs is 4. The van der Waals surface area contributed by atoms with E-state index in [9.17, 15) is 73.2 Å². The van der Waals surface area contributed by atoms with Gasteiger partial charge in [0.05, 0.1) is 50.1 Å². The van der Waals surface area contributed by atoms with Crippen molar-refractivity contribution in [2.24, 2.45) is 17.2 Å². The Hall–Kier alpha value is -13.6. The first-order valence-electron chi connectivity index (χ1n) is 44.0. The Morgan fingerprint density at radius 3 is 1.62 bits per heavy atom. The Balaban J connectivity index is 1.09. The SMILES string of the molecule is CCCC[C@H]1C(=O)N(C)[C@@H](CCCC)C(=O)N[C@@H](CO)C(=O)N[C@H](CC(=O)NCC(N)=O)CSCC(=O)N[C@@H](Cc2ccc(O)cc2)C(=O)N(C)[C@@H](C)C(=O)N[C@@H](CC(N)=O)C(=O)N2CCC[C@H]2C(=O)N[C@@H](Cc2c[nH]cn2)C(=O)N[C@@H](CCC(N)=O)C(=O)N2C[C@H](O)C[C@H]2C(=O)N[C@@H](Cc2c[nH]c3ccccc23)C(=O)N[C@@H](CO)C(=O)N[C@@H](Cc2c[nH]c3ccccc23)C(=O)N1C. The smallest absolute Gasteiger partial charge is 0.246 e. The number of nitrogens with one attached hydrogen (secondary N) is 13. The minimum atomic E-state index is -1.93. The molecule has 0 saturated carbocycles. The van der Waals surface area contributed by atoms with Gasteiger partial charge in [-0.25, -0.2) is 4.98 Å². The van der Waals surface area contributed by atoms with Crippen LogP contribution in [0.15, 0.2) is 97.7 Å². The van der Waals surface area contributed by atoms with E-state index in [2.05, 4.69) is 73.1 Å². The van der Waals surface area contributed by atoms with Crippen LogP contribution < -0.4 is 70.4 Å². The summed E-state index contributed by atoms with van der Waals surface area (Å²) in [6, 6.07) is -3.13. The van der Waals surface area contributed by atoms with E-state index in [4.69, 9.17) is 17.2 Å². The van der Waals surface area contributed by atoms with Gasteiger partial charge in [0.25, 0.3) is 0 Å². The largest absolute Gasteiger partial charge is 0.508 e. The molecule has 3 aromatic heterocycles. The van der Waals surface area contributed by atoms with E-state index in [1.165, 1.54) is 64.9 Å². The number of aliphatic hydroxyl groups excluding tert-OH is 3. The van der Waals surface area contributed by atoms with Crippen LogP contribution in [0.25, 0.3) is 21.8 Å². The van der Waals surface area contributed by atoms with Crippen molar-refractivity contribution in [3.05, 3.63) is 120 Å². The van der Waals surface area contributed by atoms with Crippen molar-refractivity contribution in [2.45, 2.75) is 221 Å². The molecule has 3 fully saturated rings. The number of H-pyrrole nitrogens is 3. The first-order chi connectivity index (χ1) is 63.4. The van der Waals surface area contributed by atoms with Crippen LogP contribution in [0.2, 0.25) is 0 Å². The molecule has 720 valence electrons. The van der Waals surface area contributed by atoms with Gasteiger partial charge in [0.1, 0.15) is 84.3 Å². The number of aliphatic hydroxyl groups is 3. The van der Waals surface area contributed by atoms with Crippen LogP contribution in [0.5, 0.6) is 5.75 Å². The molecule has 15 atom stereocenters. The third-order valence-corrected chi connectivity index (χ3v) is 24.8. The number of aromatic amines is 3. The summed E-state index contributed by atoms with van der Waals surface area (Å²) in [4.78, 5) is 279. The molecule has 9 rings (SSSR count). The minimum absolute atomic E-state index is 0.0271. The van der Waals surface area contributed by atoms with Crippen molar-refractivity contribution in [1.82, 2.24) is 97.6 Å². The second-order valence-electron chi connectivity index (χ2n) is 33.4. The zero-order valence-electron chi connectivity index (χ0n) is 74.8. The molecule has 0 aliphatic carbocycles. The maximum absolute atomic E-state index is 15.6. The number of nitrogens with two attached hydrogens (primary N) is 3. The number of primary amides is 3. The van der Waals surface area contributed by atoms with E-state index >= 15 is 33.6 Å². The lowest BCUT2D eigenvalue weighted by Crippen LogP contribution is -2.62. The van der Waals surface area contributed by atoms with E-state index < -0.39 is 268 Å². The van der Waals surface area contributed by atoms with Crippen molar-refractivity contribution >= 4 is 140 Å². The molecule has 44 nitrogen and oxygen atoms in total. The minimum Gasteiger partial charge on any atom is -0.508 e. The average Bonchev–Trinajstić information content (AvgIpc) is 1.69. The number of aromatic nitrogens is 4. The number of hydrogen-bond donors (Lipinski definition) is 20. The van der Waals surface area contributed by atoms with Crippen LogP contribution in [-0.4, -0.2) is 327 Å². The van der Waals surface area contributed by atoms with Crippen LogP contribution in [0.4, 0.5) is 0 Å². The molecule has 45 heteroatoms. The maximum Gasteiger partial charge on any atom is 0.246 e. The summed E-state index contributed by atoms with van der Waals surface area (Å²) in [5, 5.41) is 70.6. The summed E-state index contributed by atoms with van der Waals surface area (Å²) >= 11 is 0.825. The third kappa shape index (κ3) is 28.5. The molecule has 0 bridgehead atoms. The highest BCUT2D eigenvalue weighted by Gasteiger charge is 2.47. The van der Waals surface area contributed by atoms with Gasteiger partial charge in [0.2, 0.25) is 106 Å². The molecule has 133 heavy (non-hydrogen) atoms. The van der Waals surface area contributed by atoms with Crippen LogP contribution in [0.3, 0.4) is 0 Å². The number of phenolic OH excluding ortho intramolecular Hbond substituents is 1. The molecular formula is C88H120N22O22S. The van der Waals surface area contributed by atoms with Gasteiger partial charge >= 0.3 is 0 Å². The molecular weight excluding hydrogens is 1750 g/mol. The van der Waals surface area contributed by atoms with E-state index in [-0.39, 0.29) is 68.7 Å². The number of carbonyl (C=O) groups excluding carboxylic acids is 18. The Bertz CT molecular complexity index is 5170. The highest BCUT2D eigenvalue weighted by Crippen LogP contribution is 2.28. The van der Waals surface area contributed by atoms with E-state index in [0.29, 0.717) is 64.2 Å². The quantitative estimate of drug-likeness (QED) is 0.0256. The number of imidazole rings is 1. The van der Waals surface area contributed by atoms with Gasteiger partial charge in [-0.2, -0.15) is 0 Å². The molecule has 0 radical (unpaired) electrons. The van der Waals surface area contributed by atoms with E-state index in [0.717, 1.165) is 36.3 Å². The number of hydrogen-bond acceptors (Lipinski definition) is 24. The normalized spacial score (nSPS) is 24.9. The summed E-state index contributed by atoms with van der Waals surface area (Å²) in [7, 11) is 3.82. The van der Waals surface area contributed by atoms with Crippen LogP contribution >= 0.6 is 11.8 Å². The number of benzene rings is 3. The number of rotatable bonds is 25. The van der Waals surface area contributed by atoms with Crippen molar-refractivity contribution < 1.29 is 107 Å². The molecule has 3 aliphatic rings. The molecule has 3 aromatic carbocycles. The van der Waals surface area contributed by atoms with Crippen LogP contribution in [-0.2, 0) is 112 Å². The predicted molar refractivity (Wildman–Crippen MR) is 481 cm³/mol. The summed E-state index contributed by atoms with van der Waals surface area (Å²) in [6.07, 6.45) is 1.57. The fraction of sp³-hybridized carbons (Fsp3) is 0.511. The zero-order chi connectivity index (χ0) is 97.0. The van der Waals surface area contributed by atoms with Crippen molar-refractivity contribution in [3.63, 3.8) is 0 Å². The molecule has 0 unspecified atom stereocenters. The number of thioether (sulfide) groups is 1. The van der Waals surface area contributed by atoms with Gasteiger partial charge in [-0.15, -0.1) is 11.8 Å². The second-order valence-corrected chi connectivity index (χ2v) is 34.5. The predicted octanol–water partition coefficient (Wildman–Crippen LogP) is -4.59. The summed E-state index contributed by atoms with van der Waals surface area (Å²) < 4.78 is 0.